The summed E-state index contributed by atoms with van der Waals surface area (Å²) in [6.45, 7) is 3.12. The van der Waals surface area contributed by atoms with Gasteiger partial charge in [-0.15, -0.1) is 0 Å². The van der Waals surface area contributed by atoms with Gasteiger partial charge in [-0.2, -0.15) is 0 Å². The molecule has 10 heavy (non-hydrogen) atoms. The predicted octanol–water partition coefficient (Wildman–Crippen LogP) is 0.00850. The predicted molar refractivity (Wildman–Crippen MR) is 37.4 cm³/mol. The van der Waals surface area contributed by atoms with Crippen molar-refractivity contribution in [2.45, 2.75) is 19.1 Å². The van der Waals surface area contributed by atoms with Gasteiger partial charge in [0.15, 0.2) is 15.6 Å². The van der Waals surface area contributed by atoms with Crippen molar-refractivity contribution in [3.8, 4) is 0 Å². The fourth-order valence-electron chi connectivity index (χ4n) is 1.15. The average Bonchev–Trinajstić information content (AvgIpc) is 1.95. The van der Waals surface area contributed by atoms with Crippen LogP contribution in [0.1, 0.15) is 13.8 Å². The lowest BCUT2D eigenvalue weighted by Gasteiger charge is -1.95. The number of hydrogen-bond acceptors (Lipinski definition) is 3. The van der Waals surface area contributed by atoms with E-state index in [2.05, 4.69) is 0 Å². The van der Waals surface area contributed by atoms with Crippen LogP contribution in [0.5, 0.6) is 0 Å². The van der Waals surface area contributed by atoms with E-state index in [1.54, 1.807) is 6.92 Å². The van der Waals surface area contributed by atoms with Crippen LogP contribution in [0.15, 0.2) is 0 Å². The topological polar surface area (TPSA) is 51.2 Å². The van der Waals surface area contributed by atoms with Crippen molar-refractivity contribution in [2.75, 3.05) is 5.75 Å². The van der Waals surface area contributed by atoms with Gasteiger partial charge in [-0.25, -0.2) is 8.42 Å². The Bertz CT molecular complexity index is 252. The summed E-state index contributed by atoms with van der Waals surface area (Å²) in [6.07, 6.45) is 0. The molecule has 1 fully saturated rings. The molecule has 2 unspecified atom stereocenters. The van der Waals surface area contributed by atoms with E-state index < -0.39 is 15.1 Å². The van der Waals surface area contributed by atoms with E-state index in [4.69, 9.17) is 0 Å². The lowest BCUT2D eigenvalue weighted by atomic mass is 10.1. The van der Waals surface area contributed by atoms with Gasteiger partial charge in [0, 0.05) is 5.92 Å². The van der Waals surface area contributed by atoms with Crippen LogP contribution >= 0.6 is 0 Å². The highest BCUT2D eigenvalue weighted by Gasteiger charge is 2.40. The zero-order valence-corrected chi connectivity index (χ0v) is 6.81. The van der Waals surface area contributed by atoms with Crippen LogP contribution in [-0.4, -0.2) is 25.2 Å². The highest BCUT2D eigenvalue weighted by molar-refractivity contribution is 7.93. The lowest BCUT2D eigenvalue weighted by molar-refractivity contribution is -0.120. The molecule has 0 amide bonds. The molecule has 58 valence electrons. The van der Waals surface area contributed by atoms with Crippen LogP contribution in [-0.2, 0) is 14.6 Å². The average molecular weight is 162 g/mol. The number of carbonyl (C=O) groups is 1. The highest BCUT2D eigenvalue weighted by Crippen LogP contribution is 2.20. The Morgan fingerprint density at radius 1 is 1.40 bits per heavy atom. The third-order valence-corrected chi connectivity index (χ3v) is 4.18. The standard InChI is InChI=1S/C6H10O3S/c1-4-3-10(8,9)5(2)6(4)7/h4-5H,3H2,1-2H3. The first-order chi connectivity index (χ1) is 4.45. The van der Waals surface area contributed by atoms with Crippen molar-refractivity contribution in [3.63, 3.8) is 0 Å². The molecular weight excluding hydrogens is 152 g/mol. The molecule has 0 spiro atoms. The minimum absolute atomic E-state index is 0.0347. The Kier molecular flexibility index (Phi) is 1.58. The molecule has 2 atom stereocenters. The monoisotopic (exact) mass is 162 g/mol. The van der Waals surface area contributed by atoms with Gasteiger partial charge in [0.05, 0.1) is 5.75 Å². The third-order valence-electron chi connectivity index (χ3n) is 1.91. The van der Waals surface area contributed by atoms with Gasteiger partial charge in [-0.05, 0) is 6.92 Å². The molecule has 0 aromatic heterocycles. The molecule has 0 aromatic rings. The van der Waals surface area contributed by atoms with Crippen molar-refractivity contribution in [1.29, 1.82) is 0 Å². The fraction of sp³-hybridized carbons (Fsp3) is 0.833. The summed E-state index contributed by atoms with van der Waals surface area (Å²) in [6, 6.07) is 0. The van der Waals surface area contributed by atoms with Crippen LogP contribution in [0.3, 0.4) is 0 Å². The van der Waals surface area contributed by atoms with Crippen molar-refractivity contribution in [2.24, 2.45) is 5.92 Å². The molecule has 3 nitrogen and oxygen atoms in total. The van der Waals surface area contributed by atoms with Crippen LogP contribution in [0.2, 0.25) is 0 Å². The largest absolute Gasteiger partial charge is 0.298 e. The van der Waals surface area contributed by atoms with E-state index in [0.29, 0.717) is 0 Å². The number of Topliss-reactive ketones (excluding diaryl/α,β-unsaturated/α-hetero) is 1. The third kappa shape index (κ3) is 0.963. The molecule has 0 aliphatic carbocycles. The van der Waals surface area contributed by atoms with E-state index in [0.717, 1.165) is 0 Å². The maximum absolute atomic E-state index is 11.0. The van der Waals surface area contributed by atoms with Gasteiger partial charge in [0.1, 0.15) is 5.25 Å². The second kappa shape index (κ2) is 2.05. The van der Waals surface area contributed by atoms with Gasteiger partial charge in [0.2, 0.25) is 0 Å². The van der Waals surface area contributed by atoms with Crippen LogP contribution < -0.4 is 0 Å². The first-order valence-electron chi connectivity index (χ1n) is 3.20. The van der Waals surface area contributed by atoms with Gasteiger partial charge in [0.25, 0.3) is 0 Å². The lowest BCUT2D eigenvalue weighted by Crippen LogP contribution is -2.18. The Morgan fingerprint density at radius 3 is 2.00 bits per heavy atom. The van der Waals surface area contributed by atoms with E-state index in [1.807, 2.05) is 0 Å². The molecule has 0 bridgehead atoms. The molecular formula is C6H10O3S. The molecule has 1 saturated heterocycles. The van der Waals surface area contributed by atoms with Gasteiger partial charge < -0.3 is 0 Å². The Balaban J connectivity index is 3.04. The zero-order valence-electron chi connectivity index (χ0n) is 5.99. The number of rotatable bonds is 0. The zero-order chi connectivity index (χ0) is 7.94. The summed E-state index contributed by atoms with van der Waals surface area (Å²) in [5.41, 5.74) is 0. The van der Waals surface area contributed by atoms with Gasteiger partial charge in [-0.1, -0.05) is 6.92 Å². The maximum atomic E-state index is 11.0. The summed E-state index contributed by atoms with van der Waals surface area (Å²) in [7, 11) is -3.07. The number of sulfone groups is 1. The molecule has 1 rings (SSSR count). The molecule has 0 N–H and O–H groups in total. The molecule has 1 heterocycles. The van der Waals surface area contributed by atoms with Crippen LogP contribution in [0.4, 0.5) is 0 Å². The summed E-state index contributed by atoms with van der Waals surface area (Å²) < 4.78 is 21.9. The number of ketones is 1. The number of carbonyl (C=O) groups excluding carboxylic acids is 1. The van der Waals surface area contributed by atoms with Crippen molar-refractivity contribution >= 4 is 15.6 Å². The first-order valence-corrected chi connectivity index (χ1v) is 4.92. The van der Waals surface area contributed by atoms with Gasteiger partial charge in [-0.3, -0.25) is 4.79 Å². The summed E-state index contributed by atoms with van der Waals surface area (Å²) in [5.74, 6) is -0.396. The minimum atomic E-state index is -3.07. The van der Waals surface area contributed by atoms with E-state index in [-0.39, 0.29) is 17.5 Å². The Morgan fingerprint density at radius 2 is 1.90 bits per heavy atom. The van der Waals surface area contributed by atoms with Crippen molar-refractivity contribution < 1.29 is 13.2 Å². The maximum Gasteiger partial charge on any atom is 0.160 e. The van der Waals surface area contributed by atoms with E-state index in [9.17, 15) is 13.2 Å². The summed E-state index contributed by atoms with van der Waals surface area (Å²) >= 11 is 0. The Labute approximate surface area is 60.3 Å². The SMILES string of the molecule is CC1CS(=O)(=O)C(C)C1=O. The number of hydrogen-bond donors (Lipinski definition) is 0. The quantitative estimate of drug-likeness (QED) is 0.504. The van der Waals surface area contributed by atoms with E-state index in [1.165, 1.54) is 6.92 Å². The van der Waals surface area contributed by atoms with E-state index >= 15 is 0 Å². The molecule has 1 aliphatic rings. The minimum Gasteiger partial charge on any atom is -0.298 e. The van der Waals surface area contributed by atoms with Crippen LogP contribution in [0, 0.1) is 5.92 Å². The molecule has 0 aromatic carbocycles. The second-order valence-corrected chi connectivity index (χ2v) is 5.14. The smallest absolute Gasteiger partial charge is 0.160 e. The van der Waals surface area contributed by atoms with Crippen LogP contribution in [0.25, 0.3) is 0 Å². The summed E-state index contributed by atoms with van der Waals surface area (Å²) in [5, 5.41) is -0.762. The fourth-order valence-corrected chi connectivity index (χ4v) is 2.89. The first kappa shape index (κ1) is 7.72. The molecule has 4 heteroatoms. The Hall–Kier alpha value is -0.380. The van der Waals surface area contributed by atoms with Gasteiger partial charge >= 0.3 is 0 Å². The van der Waals surface area contributed by atoms with Crippen molar-refractivity contribution in [1.82, 2.24) is 0 Å². The normalized spacial score (nSPS) is 38.4. The molecule has 0 saturated carbocycles. The highest BCUT2D eigenvalue weighted by atomic mass is 32.2. The molecule has 1 aliphatic heterocycles. The van der Waals surface area contributed by atoms with Crippen molar-refractivity contribution in [3.05, 3.63) is 0 Å². The molecule has 0 radical (unpaired) electrons. The second-order valence-electron chi connectivity index (χ2n) is 2.78. The summed E-state index contributed by atoms with van der Waals surface area (Å²) in [4.78, 5) is 10.9.